The standard InChI is InChI=1S/C17H9ClN2O3S/c18-10-3-1-9(2-4-10)13-7-24-17-19-16(21)11-5-14-15(23-8-22-14)6-12(11)20(13)17/h1-7H,8H2. The molecule has 1 aliphatic heterocycles. The van der Waals surface area contributed by atoms with Crippen molar-refractivity contribution in [3.8, 4) is 22.8 Å². The second-order valence-electron chi connectivity index (χ2n) is 5.39. The lowest BCUT2D eigenvalue weighted by Gasteiger charge is -2.07. The molecule has 0 fully saturated rings. The average molecular weight is 357 g/mol. The zero-order valence-corrected chi connectivity index (χ0v) is 13.7. The molecule has 0 saturated carbocycles. The van der Waals surface area contributed by atoms with Crippen LogP contribution in [-0.2, 0) is 0 Å². The number of aromatic nitrogens is 2. The lowest BCUT2D eigenvalue weighted by molar-refractivity contribution is 0.174. The van der Waals surface area contributed by atoms with E-state index >= 15 is 0 Å². The van der Waals surface area contributed by atoms with Gasteiger partial charge in [0.15, 0.2) is 16.5 Å². The number of thiazole rings is 1. The van der Waals surface area contributed by atoms with Gasteiger partial charge in [0.05, 0.1) is 16.6 Å². The molecular weight excluding hydrogens is 348 g/mol. The topological polar surface area (TPSA) is 52.8 Å². The summed E-state index contributed by atoms with van der Waals surface area (Å²) in [5, 5.41) is 3.16. The highest BCUT2D eigenvalue weighted by molar-refractivity contribution is 7.15. The number of fused-ring (bicyclic) bond motifs is 4. The minimum atomic E-state index is -0.271. The molecule has 0 unspecified atom stereocenters. The van der Waals surface area contributed by atoms with Gasteiger partial charge in [-0.2, -0.15) is 4.98 Å². The number of benzene rings is 2. The van der Waals surface area contributed by atoms with Crippen molar-refractivity contribution >= 4 is 38.8 Å². The Balaban J connectivity index is 1.90. The second kappa shape index (κ2) is 4.96. The van der Waals surface area contributed by atoms with Crippen molar-refractivity contribution in [3.05, 3.63) is 57.2 Å². The zero-order chi connectivity index (χ0) is 16.3. The van der Waals surface area contributed by atoms with Gasteiger partial charge in [-0.25, -0.2) is 0 Å². The SMILES string of the molecule is O=c1nc2scc(-c3ccc(Cl)cc3)n2c2cc3c(cc12)OCO3. The van der Waals surface area contributed by atoms with Crippen molar-refractivity contribution in [3.63, 3.8) is 0 Å². The summed E-state index contributed by atoms with van der Waals surface area (Å²) in [6.07, 6.45) is 0. The Bertz CT molecular complexity index is 1160. The molecule has 118 valence electrons. The van der Waals surface area contributed by atoms with E-state index in [0.717, 1.165) is 16.8 Å². The summed E-state index contributed by atoms with van der Waals surface area (Å²) in [7, 11) is 0. The van der Waals surface area contributed by atoms with Gasteiger partial charge in [-0.05, 0) is 23.8 Å². The maximum absolute atomic E-state index is 12.4. The van der Waals surface area contributed by atoms with Gasteiger partial charge in [0.2, 0.25) is 6.79 Å². The number of ether oxygens (including phenoxy) is 2. The minimum absolute atomic E-state index is 0.161. The van der Waals surface area contributed by atoms with Gasteiger partial charge < -0.3 is 9.47 Å². The number of hydrogen-bond acceptors (Lipinski definition) is 5. The zero-order valence-electron chi connectivity index (χ0n) is 12.2. The monoisotopic (exact) mass is 356 g/mol. The third kappa shape index (κ3) is 1.93. The molecule has 2 aromatic carbocycles. The van der Waals surface area contributed by atoms with E-state index in [1.54, 1.807) is 6.07 Å². The van der Waals surface area contributed by atoms with Gasteiger partial charge in [-0.15, -0.1) is 11.3 Å². The van der Waals surface area contributed by atoms with Gasteiger partial charge >= 0.3 is 0 Å². The molecule has 0 bridgehead atoms. The third-order valence-electron chi connectivity index (χ3n) is 4.01. The molecule has 0 radical (unpaired) electrons. The van der Waals surface area contributed by atoms with E-state index in [2.05, 4.69) is 4.98 Å². The van der Waals surface area contributed by atoms with Crippen molar-refractivity contribution < 1.29 is 9.47 Å². The average Bonchev–Trinajstić information content (AvgIpc) is 3.20. The molecule has 0 N–H and O–H groups in total. The van der Waals surface area contributed by atoms with Crippen molar-refractivity contribution in [2.24, 2.45) is 0 Å². The lowest BCUT2D eigenvalue weighted by atomic mass is 10.1. The van der Waals surface area contributed by atoms with Gasteiger partial charge in [0.1, 0.15) is 0 Å². The van der Waals surface area contributed by atoms with Crippen LogP contribution in [0.25, 0.3) is 27.1 Å². The van der Waals surface area contributed by atoms with E-state index in [-0.39, 0.29) is 12.4 Å². The van der Waals surface area contributed by atoms with Crippen LogP contribution in [-0.4, -0.2) is 16.2 Å². The first-order valence-corrected chi connectivity index (χ1v) is 8.46. The summed E-state index contributed by atoms with van der Waals surface area (Å²) >= 11 is 7.40. The Kier molecular flexibility index (Phi) is 2.86. The molecule has 5 nitrogen and oxygen atoms in total. The molecule has 1 aliphatic rings. The summed E-state index contributed by atoms with van der Waals surface area (Å²) in [5.74, 6) is 1.21. The Morgan fingerprint density at radius 1 is 1.12 bits per heavy atom. The molecule has 0 aliphatic carbocycles. The summed E-state index contributed by atoms with van der Waals surface area (Å²) in [5.41, 5.74) is 2.42. The largest absolute Gasteiger partial charge is 0.454 e. The molecular formula is C17H9ClN2O3S. The van der Waals surface area contributed by atoms with Crippen LogP contribution in [0.3, 0.4) is 0 Å². The Labute approximate surface area is 144 Å². The van der Waals surface area contributed by atoms with Crippen LogP contribution >= 0.6 is 22.9 Å². The molecule has 3 heterocycles. The van der Waals surface area contributed by atoms with Crippen molar-refractivity contribution in [2.45, 2.75) is 0 Å². The maximum atomic E-state index is 12.4. The van der Waals surface area contributed by atoms with E-state index in [0.29, 0.717) is 26.9 Å². The molecule has 0 atom stereocenters. The smallest absolute Gasteiger partial charge is 0.281 e. The van der Waals surface area contributed by atoms with Crippen LogP contribution in [0.1, 0.15) is 0 Å². The number of rotatable bonds is 1. The number of hydrogen-bond donors (Lipinski definition) is 0. The molecule has 2 aromatic heterocycles. The number of nitrogens with zero attached hydrogens (tertiary/aromatic N) is 2. The van der Waals surface area contributed by atoms with Gasteiger partial charge in [0.25, 0.3) is 5.56 Å². The van der Waals surface area contributed by atoms with E-state index in [9.17, 15) is 4.79 Å². The first-order valence-electron chi connectivity index (χ1n) is 7.20. The van der Waals surface area contributed by atoms with Gasteiger partial charge in [-0.3, -0.25) is 9.20 Å². The van der Waals surface area contributed by atoms with Crippen LogP contribution < -0.4 is 15.0 Å². The first kappa shape index (κ1) is 13.8. The second-order valence-corrected chi connectivity index (χ2v) is 6.66. The predicted molar refractivity (Wildman–Crippen MR) is 93.4 cm³/mol. The summed E-state index contributed by atoms with van der Waals surface area (Å²) in [6.45, 7) is 0.161. The fourth-order valence-corrected chi connectivity index (χ4v) is 3.90. The van der Waals surface area contributed by atoms with Crippen LogP contribution in [0.2, 0.25) is 5.02 Å². The molecule has 7 heteroatoms. The fraction of sp³-hybridized carbons (Fsp3) is 0.0588. The van der Waals surface area contributed by atoms with Crippen LogP contribution in [0, 0.1) is 0 Å². The van der Waals surface area contributed by atoms with E-state index in [1.807, 2.05) is 40.1 Å². The van der Waals surface area contributed by atoms with Crippen molar-refractivity contribution in [1.82, 2.24) is 9.38 Å². The quantitative estimate of drug-likeness (QED) is 0.518. The van der Waals surface area contributed by atoms with E-state index < -0.39 is 0 Å². The minimum Gasteiger partial charge on any atom is -0.454 e. The maximum Gasteiger partial charge on any atom is 0.281 e. The van der Waals surface area contributed by atoms with Crippen molar-refractivity contribution in [2.75, 3.05) is 6.79 Å². The summed E-state index contributed by atoms with van der Waals surface area (Å²) in [6, 6.07) is 11.1. The first-order chi connectivity index (χ1) is 11.7. The van der Waals surface area contributed by atoms with Crippen LogP contribution in [0.4, 0.5) is 0 Å². The van der Waals surface area contributed by atoms with E-state index in [1.165, 1.54) is 11.3 Å². The molecule has 5 rings (SSSR count). The van der Waals surface area contributed by atoms with Gasteiger partial charge in [0, 0.05) is 16.5 Å². The highest BCUT2D eigenvalue weighted by Crippen LogP contribution is 2.37. The molecule has 0 saturated heterocycles. The van der Waals surface area contributed by atoms with Crippen LogP contribution in [0.15, 0.2) is 46.6 Å². The molecule has 0 amide bonds. The fourth-order valence-electron chi connectivity index (χ4n) is 2.88. The highest BCUT2D eigenvalue weighted by Gasteiger charge is 2.19. The van der Waals surface area contributed by atoms with Crippen molar-refractivity contribution in [1.29, 1.82) is 0 Å². The number of halogens is 1. The van der Waals surface area contributed by atoms with Crippen LogP contribution in [0.5, 0.6) is 11.5 Å². The van der Waals surface area contributed by atoms with Gasteiger partial charge in [-0.1, -0.05) is 23.7 Å². The predicted octanol–water partition coefficient (Wildman–Crippen LogP) is 3.96. The lowest BCUT2D eigenvalue weighted by Crippen LogP contribution is -2.09. The Morgan fingerprint density at radius 3 is 2.67 bits per heavy atom. The summed E-state index contributed by atoms with van der Waals surface area (Å²) < 4.78 is 12.8. The Hall–Kier alpha value is -2.57. The summed E-state index contributed by atoms with van der Waals surface area (Å²) in [4.78, 5) is 17.2. The Morgan fingerprint density at radius 2 is 1.88 bits per heavy atom. The molecule has 4 aromatic rings. The molecule has 0 spiro atoms. The molecule has 24 heavy (non-hydrogen) atoms. The normalized spacial score (nSPS) is 13.0. The third-order valence-corrected chi connectivity index (χ3v) is 5.09. The highest BCUT2D eigenvalue weighted by atomic mass is 35.5. The van der Waals surface area contributed by atoms with E-state index in [4.69, 9.17) is 21.1 Å².